The van der Waals surface area contributed by atoms with Gasteiger partial charge in [0.15, 0.2) is 9.84 Å². The fraction of sp³-hybridized carbons (Fsp3) is 0.200. The number of nitro groups is 1. The molecule has 1 atom stereocenters. The van der Waals surface area contributed by atoms with Crippen molar-refractivity contribution in [3.63, 3.8) is 0 Å². The summed E-state index contributed by atoms with van der Waals surface area (Å²) >= 11 is 0. The summed E-state index contributed by atoms with van der Waals surface area (Å²) in [5.41, 5.74) is 0.571. The van der Waals surface area contributed by atoms with E-state index in [4.69, 9.17) is 0 Å². The number of rotatable bonds is 6. The second-order valence-electron chi connectivity index (χ2n) is 6.80. The van der Waals surface area contributed by atoms with Crippen LogP contribution in [0.3, 0.4) is 0 Å². The van der Waals surface area contributed by atoms with E-state index in [1.54, 1.807) is 30.3 Å². The van der Waals surface area contributed by atoms with E-state index in [1.807, 2.05) is 0 Å². The van der Waals surface area contributed by atoms with Gasteiger partial charge in [-0.25, -0.2) is 8.42 Å². The minimum absolute atomic E-state index is 0.00480. The van der Waals surface area contributed by atoms with E-state index in [1.165, 1.54) is 30.3 Å². The molecule has 0 aromatic heterocycles. The quantitative estimate of drug-likeness (QED) is 0.407. The van der Waals surface area contributed by atoms with Gasteiger partial charge in [-0.05, 0) is 30.2 Å². The van der Waals surface area contributed by atoms with Crippen molar-refractivity contribution in [3.8, 4) is 0 Å². The van der Waals surface area contributed by atoms with Crippen molar-refractivity contribution in [3.05, 3.63) is 81.5 Å². The standard InChI is InChI=1S/C20H19N3O6S/c24-19(15-6-8-17(9-7-15)23(26)27)22-18(12-14-4-2-1-3-5-14)20(25)21-16-10-11-30(28,29)13-16/h1-9,12,16H,10-11,13H2,(H,21,25)(H,22,24)/b18-12-/t16-/m1/s1. The SMILES string of the molecule is O=C(N[C@@H]1CCS(=O)(=O)C1)/C(=C/c1ccccc1)NC(=O)c1ccc([N+](=O)[O-])cc1. The lowest BCUT2D eigenvalue weighted by Gasteiger charge is -2.14. The first kappa shape index (κ1) is 21.2. The highest BCUT2D eigenvalue weighted by atomic mass is 32.2. The summed E-state index contributed by atoms with van der Waals surface area (Å²) in [7, 11) is -3.18. The third-order valence-corrected chi connectivity index (χ3v) is 6.28. The van der Waals surface area contributed by atoms with E-state index < -0.39 is 32.6 Å². The predicted molar refractivity (Wildman–Crippen MR) is 110 cm³/mol. The van der Waals surface area contributed by atoms with E-state index >= 15 is 0 Å². The fourth-order valence-electron chi connectivity index (χ4n) is 2.98. The number of hydrogen-bond donors (Lipinski definition) is 2. The summed E-state index contributed by atoms with van der Waals surface area (Å²) < 4.78 is 23.3. The lowest BCUT2D eigenvalue weighted by atomic mass is 10.1. The molecule has 2 N–H and O–H groups in total. The second-order valence-corrected chi connectivity index (χ2v) is 9.03. The average molecular weight is 429 g/mol. The van der Waals surface area contributed by atoms with Gasteiger partial charge in [-0.3, -0.25) is 19.7 Å². The van der Waals surface area contributed by atoms with Gasteiger partial charge in [0.1, 0.15) is 5.70 Å². The van der Waals surface area contributed by atoms with Crippen molar-refractivity contribution in [2.75, 3.05) is 11.5 Å². The van der Waals surface area contributed by atoms with Crippen LogP contribution >= 0.6 is 0 Å². The molecule has 9 nitrogen and oxygen atoms in total. The molecule has 3 rings (SSSR count). The number of sulfone groups is 1. The molecule has 1 saturated heterocycles. The van der Waals surface area contributed by atoms with E-state index in [0.717, 1.165) is 0 Å². The van der Waals surface area contributed by atoms with Crippen molar-refractivity contribution in [1.29, 1.82) is 0 Å². The van der Waals surface area contributed by atoms with Crippen molar-refractivity contribution in [2.45, 2.75) is 12.5 Å². The first-order valence-electron chi connectivity index (χ1n) is 9.07. The number of non-ortho nitro benzene ring substituents is 1. The summed E-state index contributed by atoms with van der Waals surface area (Å²) in [4.78, 5) is 35.5. The van der Waals surface area contributed by atoms with E-state index in [-0.39, 0.29) is 28.5 Å². The van der Waals surface area contributed by atoms with Gasteiger partial charge in [0.25, 0.3) is 17.5 Å². The van der Waals surface area contributed by atoms with Gasteiger partial charge in [0, 0.05) is 23.7 Å². The highest BCUT2D eigenvalue weighted by Crippen LogP contribution is 2.14. The Morgan fingerprint density at radius 3 is 2.30 bits per heavy atom. The van der Waals surface area contributed by atoms with Crippen LogP contribution in [-0.2, 0) is 14.6 Å². The van der Waals surface area contributed by atoms with Crippen LogP contribution in [-0.4, -0.2) is 42.7 Å². The van der Waals surface area contributed by atoms with Crippen LogP contribution in [0.4, 0.5) is 5.69 Å². The summed E-state index contributed by atoms with van der Waals surface area (Å²) in [5, 5.41) is 15.9. The Hall–Kier alpha value is -3.53. The number of nitrogens with one attached hydrogen (secondary N) is 2. The smallest absolute Gasteiger partial charge is 0.269 e. The molecule has 0 spiro atoms. The minimum Gasteiger partial charge on any atom is -0.347 e. The van der Waals surface area contributed by atoms with Crippen molar-refractivity contribution >= 4 is 33.4 Å². The van der Waals surface area contributed by atoms with Crippen LogP contribution in [0.2, 0.25) is 0 Å². The molecule has 2 aromatic carbocycles. The molecule has 1 fully saturated rings. The van der Waals surface area contributed by atoms with E-state index in [0.29, 0.717) is 12.0 Å². The maximum Gasteiger partial charge on any atom is 0.269 e. The fourth-order valence-corrected chi connectivity index (χ4v) is 4.65. The van der Waals surface area contributed by atoms with Gasteiger partial charge in [-0.2, -0.15) is 0 Å². The Morgan fingerprint density at radius 1 is 1.07 bits per heavy atom. The molecule has 10 heteroatoms. The largest absolute Gasteiger partial charge is 0.347 e. The monoisotopic (exact) mass is 429 g/mol. The van der Waals surface area contributed by atoms with Crippen molar-refractivity contribution in [1.82, 2.24) is 10.6 Å². The molecule has 1 heterocycles. The molecule has 2 amide bonds. The predicted octanol–water partition coefficient (Wildman–Crippen LogP) is 1.67. The first-order valence-corrected chi connectivity index (χ1v) is 10.9. The normalized spacial score (nSPS) is 17.9. The summed E-state index contributed by atoms with van der Waals surface area (Å²) in [6.45, 7) is 0. The number of nitrogens with zero attached hydrogens (tertiary/aromatic N) is 1. The molecular formula is C20H19N3O6S. The van der Waals surface area contributed by atoms with Crippen LogP contribution in [0.15, 0.2) is 60.3 Å². The zero-order valence-electron chi connectivity index (χ0n) is 15.8. The summed E-state index contributed by atoms with van der Waals surface area (Å²) in [6, 6.07) is 13.2. The molecular weight excluding hydrogens is 410 g/mol. The second kappa shape index (κ2) is 8.87. The van der Waals surface area contributed by atoms with Crippen molar-refractivity contribution in [2.24, 2.45) is 0 Å². The number of carbonyl (C=O) groups excluding carboxylic acids is 2. The number of hydrogen-bond acceptors (Lipinski definition) is 6. The highest BCUT2D eigenvalue weighted by Gasteiger charge is 2.30. The average Bonchev–Trinajstić information content (AvgIpc) is 3.06. The Morgan fingerprint density at radius 2 is 1.73 bits per heavy atom. The van der Waals surface area contributed by atoms with Gasteiger partial charge in [0.05, 0.1) is 16.4 Å². The van der Waals surface area contributed by atoms with Gasteiger partial charge >= 0.3 is 0 Å². The number of carbonyl (C=O) groups is 2. The maximum absolute atomic E-state index is 12.7. The van der Waals surface area contributed by atoms with Gasteiger partial charge in [0.2, 0.25) is 0 Å². The molecule has 0 unspecified atom stereocenters. The zero-order valence-corrected chi connectivity index (χ0v) is 16.6. The molecule has 1 aliphatic rings. The minimum atomic E-state index is -3.18. The van der Waals surface area contributed by atoms with Crippen LogP contribution in [0, 0.1) is 10.1 Å². The Labute approximate surface area is 172 Å². The van der Waals surface area contributed by atoms with Gasteiger partial charge in [-0.1, -0.05) is 30.3 Å². The van der Waals surface area contributed by atoms with Gasteiger partial charge in [-0.15, -0.1) is 0 Å². The molecule has 30 heavy (non-hydrogen) atoms. The summed E-state index contributed by atoms with van der Waals surface area (Å²) in [6.07, 6.45) is 1.78. The zero-order chi connectivity index (χ0) is 21.7. The maximum atomic E-state index is 12.7. The number of nitro benzene ring substituents is 1. The third-order valence-electron chi connectivity index (χ3n) is 4.51. The van der Waals surface area contributed by atoms with Crippen LogP contribution < -0.4 is 10.6 Å². The van der Waals surface area contributed by atoms with Crippen LogP contribution in [0.25, 0.3) is 6.08 Å². The molecule has 0 saturated carbocycles. The Kier molecular flexibility index (Phi) is 6.26. The Balaban J connectivity index is 1.80. The Bertz CT molecular complexity index is 1100. The molecule has 0 radical (unpaired) electrons. The van der Waals surface area contributed by atoms with E-state index in [2.05, 4.69) is 10.6 Å². The number of amides is 2. The van der Waals surface area contributed by atoms with Gasteiger partial charge < -0.3 is 10.6 Å². The lowest BCUT2D eigenvalue weighted by Crippen LogP contribution is -2.41. The summed E-state index contributed by atoms with van der Waals surface area (Å²) in [5.74, 6) is -1.38. The highest BCUT2D eigenvalue weighted by molar-refractivity contribution is 7.91. The molecule has 0 aliphatic carbocycles. The topological polar surface area (TPSA) is 135 Å². The van der Waals surface area contributed by atoms with Crippen molar-refractivity contribution < 1.29 is 22.9 Å². The molecule has 1 aliphatic heterocycles. The first-order chi connectivity index (χ1) is 14.2. The molecule has 0 bridgehead atoms. The van der Waals surface area contributed by atoms with E-state index in [9.17, 15) is 28.1 Å². The molecule has 156 valence electrons. The van der Waals surface area contributed by atoms with Crippen LogP contribution in [0.1, 0.15) is 22.3 Å². The lowest BCUT2D eigenvalue weighted by molar-refractivity contribution is -0.384. The molecule has 2 aromatic rings. The third kappa shape index (κ3) is 5.51. The number of benzene rings is 2. The van der Waals surface area contributed by atoms with Crippen LogP contribution in [0.5, 0.6) is 0 Å².